The fraction of sp³-hybridized carbons (Fsp3) is 0.400. The Hall–Kier alpha value is -2.04. The summed E-state index contributed by atoms with van der Waals surface area (Å²) in [6, 6.07) is 2.63. The Bertz CT molecular complexity index is 630. The number of anilines is 1. The predicted molar refractivity (Wildman–Crippen MR) is 67.5 cm³/mol. The topological polar surface area (TPSA) is 110 Å². The van der Waals surface area contributed by atoms with Crippen LogP contribution < -0.4 is 4.72 Å². The second kappa shape index (κ2) is 6.16. The molecule has 0 aliphatic rings. The number of sulfonamides is 1. The first-order chi connectivity index (χ1) is 9.50. The van der Waals surface area contributed by atoms with Crippen molar-refractivity contribution in [1.29, 1.82) is 0 Å². The van der Waals surface area contributed by atoms with Crippen LogP contribution in [0.1, 0.15) is 12.8 Å². The highest BCUT2D eigenvalue weighted by molar-refractivity contribution is 7.92. The minimum atomic E-state index is -4.45. The number of hydrogen-bond donors (Lipinski definition) is 2. The summed E-state index contributed by atoms with van der Waals surface area (Å²) in [7, 11) is -4.09. The molecule has 0 radical (unpaired) electrons. The van der Waals surface area contributed by atoms with Crippen molar-refractivity contribution in [2.75, 3.05) is 10.5 Å². The Morgan fingerprint density at radius 2 is 1.95 bits per heavy atom. The van der Waals surface area contributed by atoms with E-state index in [1.54, 1.807) is 0 Å². The fourth-order valence-electron chi connectivity index (χ4n) is 1.40. The van der Waals surface area contributed by atoms with E-state index in [0.29, 0.717) is 0 Å². The lowest BCUT2D eigenvalue weighted by atomic mass is 10.2. The zero-order valence-corrected chi connectivity index (χ0v) is 11.2. The monoisotopic (exact) mass is 328 g/mol. The molecule has 0 saturated heterocycles. The van der Waals surface area contributed by atoms with Crippen molar-refractivity contribution in [3.63, 3.8) is 0 Å². The van der Waals surface area contributed by atoms with Crippen molar-refractivity contribution >= 4 is 21.4 Å². The van der Waals surface area contributed by atoms with E-state index in [4.69, 9.17) is 0 Å². The van der Waals surface area contributed by atoms with Gasteiger partial charge < -0.3 is 5.11 Å². The second-order valence-corrected chi connectivity index (χ2v) is 5.94. The molecule has 0 bridgehead atoms. The molecule has 0 aliphatic carbocycles. The minimum absolute atomic E-state index is 0.340. The third-order valence-corrected chi connectivity index (χ3v) is 3.69. The van der Waals surface area contributed by atoms with Crippen LogP contribution in [0.4, 0.5) is 24.5 Å². The van der Waals surface area contributed by atoms with Gasteiger partial charge in [-0.1, -0.05) is 0 Å². The van der Waals surface area contributed by atoms with Crippen molar-refractivity contribution in [1.82, 2.24) is 0 Å². The number of nitrogens with one attached hydrogen (secondary N) is 1. The van der Waals surface area contributed by atoms with Gasteiger partial charge in [0.1, 0.15) is 5.75 Å². The van der Waals surface area contributed by atoms with E-state index in [-0.39, 0.29) is 5.69 Å². The molecule has 0 saturated carbocycles. The summed E-state index contributed by atoms with van der Waals surface area (Å²) >= 11 is 0. The van der Waals surface area contributed by atoms with Gasteiger partial charge in [0.2, 0.25) is 10.0 Å². The maximum Gasteiger partial charge on any atom is 0.389 e. The molecule has 0 spiro atoms. The summed E-state index contributed by atoms with van der Waals surface area (Å²) in [6.07, 6.45) is -6.34. The molecule has 1 aromatic carbocycles. The quantitative estimate of drug-likeness (QED) is 0.473. The number of alkyl halides is 3. The smallest absolute Gasteiger partial charge is 0.389 e. The molecule has 7 nitrogen and oxygen atoms in total. The third-order valence-electron chi connectivity index (χ3n) is 2.33. The average molecular weight is 328 g/mol. The highest BCUT2D eigenvalue weighted by Crippen LogP contribution is 2.29. The summed E-state index contributed by atoms with van der Waals surface area (Å²) in [5, 5.41) is 19.9. The molecule has 0 aromatic heterocycles. The van der Waals surface area contributed by atoms with Gasteiger partial charge in [0, 0.05) is 12.5 Å². The molecule has 0 fully saturated rings. The highest BCUT2D eigenvalue weighted by Gasteiger charge is 2.27. The van der Waals surface area contributed by atoms with Crippen LogP contribution in [0, 0.1) is 10.1 Å². The van der Waals surface area contributed by atoms with E-state index in [0.717, 1.165) is 18.2 Å². The maximum atomic E-state index is 11.9. The zero-order valence-electron chi connectivity index (χ0n) is 10.4. The summed E-state index contributed by atoms with van der Waals surface area (Å²) in [6.45, 7) is 0. The molecule has 0 aliphatic heterocycles. The first kappa shape index (κ1) is 17.0. The van der Waals surface area contributed by atoms with E-state index in [1.807, 2.05) is 4.72 Å². The third kappa shape index (κ3) is 5.85. The minimum Gasteiger partial charge on any atom is -0.505 e. The Kier molecular flexibility index (Phi) is 4.99. The van der Waals surface area contributed by atoms with Gasteiger partial charge in [0.15, 0.2) is 0 Å². The van der Waals surface area contributed by atoms with Gasteiger partial charge in [-0.05, 0) is 12.5 Å². The van der Waals surface area contributed by atoms with Crippen molar-refractivity contribution in [3.8, 4) is 5.75 Å². The van der Waals surface area contributed by atoms with Gasteiger partial charge >= 0.3 is 6.18 Å². The normalized spacial score (nSPS) is 12.1. The van der Waals surface area contributed by atoms with E-state index in [2.05, 4.69) is 0 Å². The van der Waals surface area contributed by atoms with E-state index in [1.165, 1.54) is 0 Å². The molecule has 11 heteroatoms. The molecule has 0 atom stereocenters. The lowest BCUT2D eigenvalue weighted by molar-refractivity contribution is -0.384. The summed E-state index contributed by atoms with van der Waals surface area (Å²) in [4.78, 5) is 9.64. The molecule has 2 N–H and O–H groups in total. The lowest BCUT2D eigenvalue weighted by Gasteiger charge is -2.10. The first-order valence-electron chi connectivity index (χ1n) is 5.55. The zero-order chi connectivity index (χ0) is 16.3. The van der Waals surface area contributed by atoms with Crippen LogP contribution in [0.15, 0.2) is 18.2 Å². The lowest BCUT2D eigenvalue weighted by Crippen LogP contribution is -2.19. The molecular formula is C10H11F3N2O5S. The van der Waals surface area contributed by atoms with Crippen LogP contribution in [0.25, 0.3) is 0 Å². The fourth-order valence-corrected chi connectivity index (χ4v) is 2.54. The molecule has 118 valence electrons. The van der Waals surface area contributed by atoms with Gasteiger partial charge in [-0.3, -0.25) is 14.8 Å². The summed E-state index contributed by atoms with van der Waals surface area (Å²) in [5.74, 6) is -1.48. The number of aromatic hydroxyl groups is 1. The van der Waals surface area contributed by atoms with Crippen LogP contribution in [-0.2, 0) is 10.0 Å². The molecule has 0 heterocycles. The number of nitrogens with zero attached hydrogens (tertiary/aromatic N) is 1. The van der Waals surface area contributed by atoms with E-state index in [9.17, 15) is 36.8 Å². The largest absolute Gasteiger partial charge is 0.505 e. The van der Waals surface area contributed by atoms with Crippen molar-refractivity contribution in [2.24, 2.45) is 0 Å². The number of phenolic OH excluding ortho intramolecular Hbond substituents is 1. The average Bonchev–Trinajstić information content (AvgIpc) is 2.29. The first-order valence-corrected chi connectivity index (χ1v) is 7.20. The number of rotatable bonds is 6. The summed E-state index contributed by atoms with van der Waals surface area (Å²) in [5.41, 5.74) is -0.792. The van der Waals surface area contributed by atoms with Crippen LogP contribution in [0.5, 0.6) is 5.75 Å². The predicted octanol–water partition coefficient (Wildman–Crippen LogP) is 2.38. The molecule has 1 rings (SSSR count). The molecule has 0 unspecified atom stereocenters. The van der Waals surface area contributed by atoms with Crippen molar-refractivity contribution in [3.05, 3.63) is 28.3 Å². The number of benzene rings is 1. The number of non-ortho nitro benzene ring substituents is 1. The standard InChI is InChI=1S/C10H11F3N2O5S/c11-10(12,13)4-1-5-21(19,20)14-8-3-2-7(15(17)18)6-9(8)16/h2-3,6,14,16H,1,4-5H2. The van der Waals surface area contributed by atoms with Gasteiger partial charge in [-0.25, -0.2) is 8.42 Å². The number of nitro benzene ring substituents is 1. The van der Waals surface area contributed by atoms with Gasteiger partial charge in [0.05, 0.1) is 22.4 Å². The van der Waals surface area contributed by atoms with Crippen LogP contribution in [-0.4, -0.2) is 30.4 Å². The Balaban J connectivity index is 2.73. The van der Waals surface area contributed by atoms with Gasteiger partial charge in [-0.2, -0.15) is 13.2 Å². The number of hydrogen-bond acceptors (Lipinski definition) is 5. The number of nitro groups is 1. The van der Waals surface area contributed by atoms with Gasteiger partial charge in [0.25, 0.3) is 5.69 Å². The Labute approximate surface area is 117 Å². The summed E-state index contributed by atoms with van der Waals surface area (Å²) < 4.78 is 60.7. The highest BCUT2D eigenvalue weighted by atomic mass is 32.2. The van der Waals surface area contributed by atoms with Crippen LogP contribution >= 0.6 is 0 Å². The Morgan fingerprint density at radius 1 is 1.33 bits per heavy atom. The number of phenols is 1. The van der Waals surface area contributed by atoms with Crippen molar-refractivity contribution < 1.29 is 31.6 Å². The van der Waals surface area contributed by atoms with E-state index >= 15 is 0 Å². The Morgan fingerprint density at radius 3 is 2.43 bits per heavy atom. The van der Waals surface area contributed by atoms with Crippen LogP contribution in [0.2, 0.25) is 0 Å². The van der Waals surface area contributed by atoms with E-state index < -0.39 is 51.2 Å². The van der Waals surface area contributed by atoms with Gasteiger partial charge in [-0.15, -0.1) is 0 Å². The second-order valence-electron chi connectivity index (χ2n) is 4.10. The van der Waals surface area contributed by atoms with Crippen molar-refractivity contribution in [2.45, 2.75) is 19.0 Å². The molecule has 1 aromatic rings. The number of halogens is 3. The maximum absolute atomic E-state index is 11.9. The molecular weight excluding hydrogens is 317 g/mol. The molecule has 21 heavy (non-hydrogen) atoms. The molecule has 0 amide bonds. The van der Waals surface area contributed by atoms with Crippen LogP contribution in [0.3, 0.4) is 0 Å². The SMILES string of the molecule is O=[N+]([O-])c1ccc(NS(=O)(=O)CCCC(F)(F)F)c(O)c1.